The summed E-state index contributed by atoms with van der Waals surface area (Å²) in [4.78, 5) is 18.9. The number of hydrogen-bond acceptors (Lipinski definition) is 7. The molecule has 0 saturated carbocycles. The molecule has 1 unspecified atom stereocenters. The molecule has 1 fully saturated rings. The van der Waals surface area contributed by atoms with E-state index in [1.165, 1.54) is 0 Å². The number of carbonyl (C=O) groups is 1. The Hall–Kier alpha value is -2.35. The first-order chi connectivity index (χ1) is 18.1. The number of amidine groups is 1. The molecule has 1 saturated heterocycles. The molecule has 218 valence electrons. The van der Waals surface area contributed by atoms with E-state index < -0.39 is 22.5 Å². The van der Waals surface area contributed by atoms with E-state index in [1.54, 1.807) is 6.92 Å². The molecule has 3 rings (SSSR count). The first kappa shape index (κ1) is 31.2. The fourth-order valence-corrected chi connectivity index (χ4v) is 6.40. The number of ether oxygens (including phenoxy) is 2. The highest BCUT2D eigenvalue weighted by Crippen LogP contribution is 2.39. The number of rotatable bonds is 11. The minimum atomic E-state index is -1.84. The summed E-state index contributed by atoms with van der Waals surface area (Å²) in [5, 5.41) is 4.95. The van der Waals surface area contributed by atoms with Crippen LogP contribution in [0.4, 0.5) is 10.5 Å². The molecule has 1 aromatic carbocycles. The van der Waals surface area contributed by atoms with Crippen LogP contribution in [0.5, 0.6) is 0 Å². The fourth-order valence-electron chi connectivity index (χ4n) is 4.27. The number of anilines is 1. The Kier molecular flexibility index (Phi) is 9.95. The van der Waals surface area contributed by atoms with Crippen LogP contribution in [0.2, 0.25) is 43.8 Å². The smallest absolute Gasteiger partial charge is 0.433 e. The molecule has 0 aliphatic carbocycles. The van der Waals surface area contributed by atoms with Crippen LogP contribution < -0.4 is 10.6 Å². The first-order valence-electron chi connectivity index (χ1n) is 13.9. The molecule has 2 aromatic rings. The second kappa shape index (κ2) is 12.4. The number of nitrogens with two attached hydrogens (primary N) is 1. The van der Waals surface area contributed by atoms with Crippen molar-refractivity contribution in [2.45, 2.75) is 90.8 Å². The lowest BCUT2D eigenvalue weighted by molar-refractivity contribution is 0.0612. The molecular weight excluding hydrogens is 529 g/mol. The molecule has 1 aliphatic rings. The largest absolute Gasteiger partial charge is 0.535 e. The summed E-state index contributed by atoms with van der Waals surface area (Å²) in [6.45, 7) is 23.2. The molecular formula is C28H48N4O5Si2. The second-order valence-corrected chi connectivity index (χ2v) is 23.4. The Morgan fingerprint density at radius 1 is 1.18 bits per heavy atom. The van der Waals surface area contributed by atoms with Crippen molar-refractivity contribution in [3.8, 4) is 0 Å². The maximum absolute atomic E-state index is 11.7. The number of carbonyl (C=O) groups excluding carboxylic acids is 1. The maximum atomic E-state index is 11.7. The Bertz CT molecular complexity index is 1170. The molecule has 2 N–H and O–H groups in total. The molecule has 0 bridgehead atoms. The van der Waals surface area contributed by atoms with Crippen LogP contribution in [0, 0.1) is 0 Å². The highest BCUT2D eigenvalue weighted by molar-refractivity contribution is 6.76. The van der Waals surface area contributed by atoms with Gasteiger partial charge in [0.1, 0.15) is 6.73 Å². The van der Waals surface area contributed by atoms with Gasteiger partial charge in [0.2, 0.25) is 0 Å². The Labute approximate surface area is 235 Å². The van der Waals surface area contributed by atoms with Crippen LogP contribution in [0.15, 0.2) is 29.6 Å². The minimum Gasteiger partial charge on any atom is -0.433 e. The van der Waals surface area contributed by atoms with Gasteiger partial charge in [0.15, 0.2) is 14.2 Å². The predicted molar refractivity (Wildman–Crippen MR) is 164 cm³/mol. The molecule has 0 radical (unpaired) electrons. The highest BCUT2D eigenvalue weighted by atomic mass is 28.4. The normalized spacial score (nSPS) is 17.2. The summed E-state index contributed by atoms with van der Waals surface area (Å²) < 4.78 is 19.6. The van der Waals surface area contributed by atoms with E-state index in [2.05, 4.69) is 81.8 Å². The fraction of sp³-hybridized carbons (Fsp3) is 0.643. The van der Waals surface area contributed by atoms with Gasteiger partial charge >= 0.3 is 6.16 Å². The van der Waals surface area contributed by atoms with Crippen LogP contribution >= 0.6 is 0 Å². The average molecular weight is 577 g/mol. The molecule has 11 heteroatoms. The summed E-state index contributed by atoms with van der Waals surface area (Å²) >= 11 is 0. The number of fused-ring (bicyclic) bond motifs is 1. The monoisotopic (exact) mass is 576 g/mol. The lowest BCUT2D eigenvalue weighted by Gasteiger charge is -2.38. The van der Waals surface area contributed by atoms with Crippen molar-refractivity contribution in [2.75, 3.05) is 31.2 Å². The lowest BCUT2D eigenvalue weighted by Crippen LogP contribution is -2.44. The molecule has 1 aromatic heterocycles. The van der Waals surface area contributed by atoms with E-state index in [-0.39, 0.29) is 23.6 Å². The molecule has 1 atom stereocenters. The van der Waals surface area contributed by atoms with Gasteiger partial charge in [-0.2, -0.15) is 0 Å². The van der Waals surface area contributed by atoms with Crippen LogP contribution in [0.1, 0.15) is 39.7 Å². The number of hydrogen-bond donors (Lipinski definition) is 1. The van der Waals surface area contributed by atoms with Crippen molar-refractivity contribution in [1.82, 2.24) is 4.57 Å². The topological polar surface area (TPSA) is 101 Å². The van der Waals surface area contributed by atoms with Crippen LogP contribution in [-0.2, 0) is 25.5 Å². The third kappa shape index (κ3) is 8.32. The Morgan fingerprint density at radius 2 is 1.90 bits per heavy atom. The quantitative estimate of drug-likeness (QED) is 0.0633. The van der Waals surface area contributed by atoms with Gasteiger partial charge in [0, 0.05) is 50.6 Å². The van der Waals surface area contributed by atoms with Gasteiger partial charge in [-0.05, 0) is 55.7 Å². The predicted octanol–water partition coefficient (Wildman–Crippen LogP) is 6.35. The third-order valence-electron chi connectivity index (χ3n) is 7.63. The second-order valence-electron chi connectivity index (χ2n) is 13.0. The van der Waals surface area contributed by atoms with Gasteiger partial charge in [-0.1, -0.05) is 45.6 Å². The summed E-state index contributed by atoms with van der Waals surface area (Å²) in [7, 11) is -3.03. The molecule has 39 heavy (non-hydrogen) atoms. The van der Waals surface area contributed by atoms with Gasteiger partial charge in [-0.25, -0.2) is 4.79 Å². The highest BCUT2D eigenvalue weighted by Gasteiger charge is 2.40. The van der Waals surface area contributed by atoms with Gasteiger partial charge in [-0.3, -0.25) is 4.84 Å². The molecule has 0 spiro atoms. The van der Waals surface area contributed by atoms with E-state index >= 15 is 0 Å². The lowest BCUT2D eigenvalue weighted by atomic mass is 10.1. The van der Waals surface area contributed by atoms with E-state index in [0.29, 0.717) is 18.9 Å². The minimum absolute atomic E-state index is 0.103. The molecule has 2 heterocycles. The average Bonchev–Trinajstić information content (AvgIpc) is 3.43. The van der Waals surface area contributed by atoms with Crippen molar-refractivity contribution in [3.63, 3.8) is 0 Å². The van der Waals surface area contributed by atoms with Crippen molar-refractivity contribution >= 4 is 45.0 Å². The number of benzene rings is 1. The third-order valence-corrected chi connectivity index (χ3v) is 13.9. The summed E-state index contributed by atoms with van der Waals surface area (Å²) in [6.07, 6.45) is 2.24. The standard InChI is InChI=1S/C28H48N4O5Si2/c1-10-35-27(33)36-30-26(29)24-19-32(20-34-15-16-38(5,6)7)25-12-11-21(17-23(24)25)31-14-13-22(18-31)37-39(8,9)28(2,3)4/h11-12,17,19,22H,10,13-16,18,20H2,1-9H3,(H2,29,30). The number of nitrogens with zero attached hydrogens (tertiary/aromatic N) is 3. The van der Waals surface area contributed by atoms with Crippen molar-refractivity contribution in [3.05, 3.63) is 30.0 Å². The van der Waals surface area contributed by atoms with Gasteiger partial charge in [-0.15, -0.1) is 0 Å². The molecule has 1 aliphatic heterocycles. The van der Waals surface area contributed by atoms with Crippen LogP contribution in [-0.4, -0.2) is 65.4 Å². The number of oxime groups is 1. The van der Waals surface area contributed by atoms with Gasteiger partial charge in [0.05, 0.1) is 18.2 Å². The van der Waals surface area contributed by atoms with Crippen LogP contribution in [0.3, 0.4) is 0 Å². The first-order valence-corrected chi connectivity index (χ1v) is 20.5. The Balaban J connectivity index is 1.85. The number of aromatic nitrogens is 1. The molecule has 0 amide bonds. The van der Waals surface area contributed by atoms with Crippen molar-refractivity contribution in [2.24, 2.45) is 10.9 Å². The summed E-state index contributed by atoms with van der Waals surface area (Å²) in [5.74, 6) is 0.103. The summed E-state index contributed by atoms with van der Waals surface area (Å²) in [6, 6.07) is 7.46. The van der Waals surface area contributed by atoms with E-state index in [1.807, 2.05) is 10.8 Å². The zero-order chi connectivity index (χ0) is 29.0. The SMILES string of the molecule is CCOC(=O)ON=C(N)c1cn(COCC[Si](C)(C)C)c2ccc(N3CCC(O[Si](C)(C)C(C)(C)C)C3)cc12. The maximum Gasteiger partial charge on any atom is 0.535 e. The Morgan fingerprint density at radius 3 is 2.54 bits per heavy atom. The van der Waals surface area contributed by atoms with Gasteiger partial charge < -0.3 is 29.1 Å². The van der Waals surface area contributed by atoms with Crippen LogP contribution in [0.25, 0.3) is 10.9 Å². The van der Waals surface area contributed by atoms with E-state index in [0.717, 1.165) is 42.1 Å². The van der Waals surface area contributed by atoms with E-state index in [4.69, 9.17) is 24.5 Å². The summed E-state index contributed by atoms with van der Waals surface area (Å²) in [5.41, 5.74) is 9.06. The van der Waals surface area contributed by atoms with Crippen molar-refractivity contribution < 1.29 is 23.5 Å². The van der Waals surface area contributed by atoms with Gasteiger partial charge in [0.25, 0.3) is 0 Å². The molecule has 9 nitrogen and oxygen atoms in total. The zero-order valence-corrected chi connectivity index (χ0v) is 27.3. The zero-order valence-electron chi connectivity index (χ0n) is 25.3. The van der Waals surface area contributed by atoms with Crippen molar-refractivity contribution in [1.29, 1.82) is 0 Å². The van der Waals surface area contributed by atoms with E-state index in [9.17, 15) is 4.79 Å².